The van der Waals surface area contributed by atoms with E-state index in [0.717, 1.165) is 25.8 Å². The molecular weight excluding hydrogens is 439 g/mol. The number of halogens is 1. The van der Waals surface area contributed by atoms with E-state index in [1.165, 1.54) is 4.90 Å². The maximum Gasteiger partial charge on any atom is 0.243 e. The Morgan fingerprint density at radius 3 is 2.64 bits per heavy atom. The summed E-state index contributed by atoms with van der Waals surface area (Å²) in [4.78, 5) is 17.6. The molecule has 2 fully saturated rings. The zero-order valence-corrected chi connectivity index (χ0v) is 17.7. The third-order valence-corrected chi connectivity index (χ3v) is 4.08. The van der Waals surface area contributed by atoms with Gasteiger partial charge in [0.25, 0.3) is 0 Å². The van der Waals surface area contributed by atoms with E-state index in [-0.39, 0.29) is 42.5 Å². The first-order valence-corrected chi connectivity index (χ1v) is 8.66. The molecule has 0 aromatic rings. The second-order valence-electron chi connectivity index (χ2n) is 6.33. The van der Waals surface area contributed by atoms with Gasteiger partial charge in [-0.15, -0.1) is 24.0 Å². The summed E-state index contributed by atoms with van der Waals surface area (Å²) < 4.78 is 17.3. The van der Waals surface area contributed by atoms with E-state index in [9.17, 15) is 4.79 Å². The normalized spacial score (nSPS) is 22.4. The molecule has 0 radical (unpaired) electrons. The van der Waals surface area contributed by atoms with Gasteiger partial charge in [0.15, 0.2) is 11.7 Å². The fraction of sp³-hybridized carbons (Fsp3) is 0.875. The van der Waals surface area contributed by atoms with Crippen molar-refractivity contribution in [1.82, 2.24) is 15.5 Å². The van der Waals surface area contributed by atoms with Crippen LogP contribution >= 0.6 is 24.0 Å². The molecule has 0 aromatic carbocycles. The molecule has 2 saturated heterocycles. The molecular formula is C16H31IN4O4. The predicted octanol–water partition coefficient (Wildman–Crippen LogP) is 0.560. The zero-order valence-electron chi connectivity index (χ0n) is 15.4. The Balaban J connectivity index is 0.00000312. The highest BCUT2D eigenvalue weighted by molar-refractivity contribution is 14.0. The number of hydrogen-bond donors (Lipinski definition) is 2. The summed E-state index contributed by atoms with van der Waals surface area (Å²) in [6.07, 6.45) is 2.50. The minimum atomic E-state index is -0.473. The Hall–Kier alpha value is -0.650. The predicted molar refractivity (Wildman–Crippen MR) is 106 cm³/mol. The zero-order chi connectivity index (χ0) is 17.4. The molecule has 9 heteroatoms. The molecule has 0 aromatic heterocycles. The van der Waals surface area contributed by atoms with E-state index in [4.69, 9.17) is 14.2 Å². The number of aliphatic imine (C=N–C) groups is 1. The van der Waals surface area contributed by atoms with Gasteiger partial charge in [-0.3, -0.25) is 4.79 Å². The largest absolute Gasteiger partial charge is 0.381 e. The lowest BCUT2D eigenvalue weighted by Gasteiger charge is -2.31. The number of guanidine groups is 1. The van der Waals surface area contributed by atoms with Crippen LogP contribution in [-0.2, 0) is 19.0 Å². The van der Waals surface area contributed by atoms with Crippen LogP contribution in [0.3, 0.4) is 0 Å². The number of nitrogens with zero attached hydrogens (tertiary/aromatic N) is 2. The van der Waals surface area contributed by atoms with E-state index in [0.29, 0.717) is 32.3 Å². The van der Waals surface area contributed by atoms with Crippen LogP contribution in [0.4, 0.5) is 0 Å². The average molecular weight is 470 g/mol. The highest BCUT2D eigenvalue weighted by Gasteiger charge is 2.42. The Kier molecular flexibility index (Phi) is 9.98. The van der Waals surface area contributed by atoms with Crippen molar-refractivity contribution in [3.8, 4) is 0 Å². The number of likely N-dealkylation sites (N-methyl/N-ethyl adjacent to an activating group) is 1. The molecule has 25 heavy (non-hydrogen) atoms. The average Bonchev–Trinajstić information content (AvgIpc) is 2.96. The van der Waals surface area contributed by atoms with Gasteiger partial charge in [0, 0.05) is 40.0 Å². The van der Waals surface area contributed by atoms with E-state index >= 15 is 0 Å². The van der Waals surface area contributed by atoms with E-state index in [1.807, 2.05) is 0 Å². The van der Waals surface area contributed by atoms with Crippen molar-refractivity contribution in [2.24, 2.45) is 4.99 Å². The Bertz CT molecular complexity index is 442. The lowest BCUT2D eigenvalue weighted by molar-refractivity contribution is -0.210. The molecule has 1 atom stereocenters. The van der Waals surface area contributed by atoms with Crippen LogP contribution in [0, 0.1) is 0 Å². The number of nitrogens with one attached hydrogen (secondary N) is 2. The molecule has 2 aliphatic rings. The molecule has 2 aliphatic heterocycles. The molecule has 0 aliphatic carbocycles. The van der Waals surface area contributed by atoms with Gasteiger partial charge in [0.2, 0.25) is 5.91 Å². The van der Waals surface area contributed by atoms with E-state index in [2.05, 4.69) is 22.5 Å². The number of ether oxygens (including phenoxy) is 3. The van der Waals surface area contributed by atoms with E-state index in [1.54, 1.807) is 14.1 Å². The summed E-state index contributed by atoms with van der Waals surface area (Å²) in [6, 6.07) is 0. The quantitative estimate of drug-likeness (QED) is 0.336. The second kappa shape index (κ2) is 11.1. The third kappa shape index (κ3) is 7.24. The topological polar surface area (TPSA) is 84.4 Å². The Morgan fingerprint density at radius 2 is 2.00 bits per heavy atom. The number of amides is 1. The minimum absolute atomic E-state index is 0. The number of hydrogen-bond acceptors (Lipinski definition) is 5. The van der Waals surface area contributed by atoms with Crippen LogP contribution < -0.4 is 10.6 Å². The van der Waals surface area contributed by atoms with Gasteiger partial charge < -0.3 is 29.7 Å². The maximum absolute atomic E-state index is 11.7. The first-order chi connectivity index (χ1) is 11.5. The smallest absolute Gasteiger partial charge is 0.243 e. The summed E-state index contributed by atoms with van der Waals surface area (Å²) >= 11 is 0. The molecule has 2 rings (SSSR count). The molecule has 8 nitrogen and oxygen atoms in total. The van der Waals surface area contributed by atoms with Crippen LogP contribution in [0.2, 0.25) is 0 Å². The Labute approximate surface area is 167 Å². The van der Waals surface area contributed by atoms with Crippen molar-refractivity contribution in [3.63, 3.8) is 0 Å². The van der Waals surface area contributed by atoms with Gasteiger partial charge in [-0.1, -0.05) is 6.92 Å². The fourth-order valence-corrected chi connectivity index (χ4v) is 2.58. The van der Waals surface area contributed by atoms with Gasteiger partial charge in [0.05, 0.1) is 19.8 Å². The van der Waals surface area contributed by atoms with Crippen molar-refractivity contribution >= 4 is 35.8 Å². The maximum atomic E-state index is 11.7. The van der Waals surface area contributed by atoms with Crippen molar-refractivity contribution in [3.05, 3.63) is 0 Å². The highest BCUT2D eigenvalue weighted by Crippen LogP contribution is 2.32. The van der Waals surface area contributed by atoms with Gasteiger partial charge in [-0.2, -0.15) is 0 Å². The third-order valence-electron chi connectivity index (χ3n) is 4.08. The molecule has 2 N–H and O–H groups in total. The molecule has 146 valence electrons. The SMILES string of the molecule is CCCNC(=NCC(=O)N(C)C)NCC1COC2(CCOCC2)O1.I. The minimum Gasteiger partial charge on any atom is -0.381 e. The number of carbonyl (C=O) groups is 1. The van der Waals surface area contributed by atoms with Crippen LogP contribution in [0.5, 0.6) is 0 Å². The monoisotopic (exact) mass is 470 g/mol. The van der Waals surface area contributed by atoms with Crippen LogP contribution in [0.1, 0.15) is 26.2 Å². The van der Waals surface area contributed by atoms with Crippen molar-refractivity contribution in [2.75, 3.05) is 53.6 Å². The molecule has 0 saturated carbocycles. The molecule has 0 bridgehead atoms. The molecule has 1 amide bonds. The first-order valence-electron chi connectivity index (χ1n) is 8.66. The molecule has 1 unspecified atom stereocenters. The first kappa shape index (κ1) is 22.4. The standard InChI is InChI=1S/C16H30N4O4.HI/c1-4-7-17-15(19-11-14(21)20(2)3)18-10-13-12-23-16(24-13)5-8-22-9-6-16;/h13H,4-12H2,1-3H3,(H2,17,18,19);1H. The fourth-order valence-electron chi connectivity index (χ4n) is 2.58. The summed E-state index contributed by atoms with van der Waals surface area (Å²) in [6.45, 7) is 5.51. The lowest BCUT2D eigenvalue weighted by Crippen LogP contribution is -2.44. The number of rotatable bonds is 6. The Morgan fingerprint density at radius 1 is 1.28 bits per heavy atom. The second-order valence-corrected chi connectivity index (χ2v) is 6.33. The van der Waals surface area contributed by atoms with E-state index < -0.39 is 5.79 Å². The van der Waals surface area contributed by atoms with Crippen LogP contribution in [-0.4, -0.2) is 82.2 Å². The summed E-state index contributed by atoms with van der Waals surface area (Å²) in [5, 5.41) is 6.46. The lowest BCUT2D eigenvalue weighted by atomic mass is 10.1. The molecule has 1 spiro atoms. The van der Waals surface area contributed by atoms with Gasteiger partial charge in [-0.05, 0) is 6.42 Å². The summed E-state index contributed by atoms with van der Waals surface area (Å²) in [5.74, 6) is 0.123. The van der Waals surface area contributed by atoms with Crippen molar-refractivity contribution in [1.29, 1.82) is 0 Å². The summed E-state index contributed by atoms with van der Waals surface area (Å²) in [5.41, 5.74) is 0. The van der Waals surface area contributed by atoms with Crippen molar-refractivity contribution < 1.29 is 19.0 Å². The van der Waals surface area contributed by atoms with Gasteiger partial charge in [-0.25, -0.2) is 4.99 Å². The van der Waals surface area contributed by atoms with Gasteiger partial charge in [0.1, 0.15) is 12.6 Å². The number of carbonyl (C=O) groups excluding carboxylic acids is 1. The van der Waals surface area contributed by atoms with Crippen molar-refractivity contribution in [2.45, 2.75) is 38.1 Å². The van der Waals surface area contributed by atoms with Gasteiger partial charge >= 0.3 is 0 Å². The highest BCUT2D eigenvalue weighted by atomic mass is 127. The molecule has 2 heterocycles. The summed E-state index contributed by atoms with van der Waals surface area (Å²) in [7, 11) is 3.45. The van der Waals surface area contributed by atoms with Crippen LogP contribution in [0.15, 0.2) is 4.99 Å². The van der Waals surface area contributed by atoms with Crippen LogP contribution in [0.25, 0.3) is 0 Å².